The second-order valence-electron chi connectivity index (χ2n) is 4.42. The van der Waals surface area contributed by atoms with E-state index < -0.39 is 0 Å². The summed E-state index contributed by atoms with van der Waals surface area (Å²) in [6.07, 6.45) is 0.856. The highest BCUT2D eigenvalue weighted by molar-refractivity contribution is 6.06. The number of anilines is 2. The molecule has 4 nitrogen and oxygen atoms in total. The van der Waals surface area contributed by atoms with Gasteiger partial charge in [0.15, 0.2) is 0 Å². The fraction of sp³-hybridized carbons (Fsp3) is 0.188. The lowest BCUT2D eigenvalue weighted by Gasteiger charge is -2.12. The van der Waals surface area contributed by atoms with E-state index in [2.05, 4.69) is 12.2 Å². The van der Waals surface area contributed by atoms with Crippen LogP contribution in [0.4, 0.5) is 11.4 Å². The summed E-state index contributed by atoms with van der Waals surface area (Å²) in [6, 6.07) is 12.7. The van der Waals surface area contributed by atoms with Crippen molar-refractivity contribution in [1.82, 2.24) is 0 Å². The van der Waals surface area contributed by atoms with Gasteiger partial charge >= 0.3 is 0 Å². The van der Waals surface area contributed by atoms with Crippen molar-refractivity contribution in [3.05, 3.63) is 53.6 Å². The van der Waals surface area contributed by atoms with Gasteiger partial charge in [0, 0.05) is 17.4 Å². The third-order valence-electron chi connectivity index (χ3n) is 3.12. The van der Waals surface area contributed by atoms with Crippen LogP contribution in [0.3, 0.4) is 0 Å². The van der Waals surface area contributed by atoms with Gasteiger partial charge in [0.2, 0.25) is 0 Å². The summed E-state index contributed by atoms with van der Waals surface area (Å²) >= 11 is 0. The molecule has 104 valence electrons. The van der Waals surface area contributed by atoms with Crippen molar-refractivity contribution in [2.24, 2.45) is 0 Å². The number of aryl methyl sites for hydroxylation is 1. The first-order valence-electron chi connectivity index (χ1n) is 6.48. The standard InChI is InChI=1S/C16H18N2O2/c1-3-11-6-4-5-7-14(11)18-16(19)13-9-8-12(17)10-15(13)20-2/h4-10H,3,17H2,1-2H3,(H,18,19). The summed E-state index contributed by atoms with van der Waals surface area (Å²) in [5.41, 5.74) is 8.63. The van der Waals surface area contributed by atoms with Gasteiger partial charge in [-0.2, -0.15) is 0 Å². The highest BCUT2D eigenvalue weighted by Gasteiger charge is 2.13. The number of hydrogen-bond donors (Lipinski definition) is 2. The van der Waals surface area contributed by atoms with Crippen LogP contribution in [0, 0.1) is 0 Å². The highest BCUT2D eigenvalue weighted by Crippen LogP contribution is 2.23. The van der Waals surface area contributed by atoms with Crippen LogP contribution in [0.25, 0.3) is 0 Å². The normalized spacial score (nSPS) is 10.1. The van der Waals surface area contributed by atoms with E-state index >= 15 is 0 Å². The lowest BCUT2D eigenvalue weighted by Crippen LogP contribution is -2.14. The van der Waals surface area contributed by atoms with E-state index in [0.717, 1.165) is 17.7 Å². The number of ether oxygens (including phenoxy) is 1. The molecule has 0 saturated carbocycles. The van der Waals surface area contributed by atoms with Crippen molar-refractivity contribution < 1.29 is 9.53 Å². The summed E-state index contributed by atoms with van der Waals surface area (Å²) in [5.74, 6) is 0.263. The van der Waals surface area contributed by atoms with E-state index in [9.17, 15) is 4.79 Å². The number of rotatable bonds is 4. The Labute approximate surface area is 118 Å². The second-order valence-corrected chi connectivity index (χ2v) is 4.42. The smallest absolute Gasteiger partial charge is 0.259 e. The molecule has 0 aliphatic rings. The Bertz CT molecular complexity index is 624. The molecular weight excluding hydrogens is 252 g/mol. The summed E-state index contributed by atoms with van der Waals surface area (Å²) < 4.78 is 5.20. The Morgan fingerprint density at radius 3 is 2.70 bits per heavy atom. The average Bonchev–Trinajstić information content (AvgIpc) is 2.47. The maximum Gasteiger partial charge on any atom is 0.259 e. The molecule has 2 aromatic carbocycles. The largest absolute Gasteiger partial charge is 0.496 e. The van der Waals surface area contributed by atoms with Crippen LogP contribution in [0.2, 0.25) is 0 Å². The first kappa shape index (κ1) is 13.9. The molecule has 3 N–H and O–H groups in total. The van der Waals surface area contributed by atoms with Crippen LogP contribution >= 0.6 is 0 Å². The number of benzene rings is 2. The van der Waals surface area contributed by atoms with Gasteiger partial charge in [0.25, 0.3) is 5.91 Å². The lowest BCUT2D eigenvalue weighted by molar-refractivity contribution is 0.102. The molecule has 0 heterocycles. The van der Waals surface area contributed by atoms with Crippen molar-refractivity contribution in [2.45, 2.75) is 13.3 Å². The predicted molar refractivity (Wildman–Crippen MR) is 81.2 cm³/mol. The molecular formula is C16H18N2O2. The maximum atomic E-state index is 12.3. The molecule has 0 aromatic heterocycles. The second kappa shape index (κ2) is 6.10. The monoisotopic (exact) mass is 270 g/mol. The Hall–Kier alpha value is -2.49. The number of hydrogen-bond acceptors (Lipinski definition) is 3. The quantitative estimate of drug-likeness (QED) is 0.839. The van der Waals surface area contributed by atoms with Gasteiger partial charge in [-0.05, 0) is 30.2 Å². The van der Waals surface area contributed by atoms with Gasteiger partial charge in [-0.15, -0.1) is 0 Å². The topological polar surface area (TPSA) is 64.4 Å². The molecule has 0 fully saturated rings. The molecule has 0 radical (unpaired) electrons. The van der Waals surface area contributed by atoms with E-state index in [1.807, 2.05) is 24.3 Å². The number of nitrogen functional groups attached to an aromatic ring is 1. The van der Waals surface area contributed by atoms with E-state index in [1.165, 1.54) is 7.11 Å². The van der Waals surface area contributed by atoms with Gasteiger partial charge in [-0.3, -0.25) is 4.79 Å². The zero-order valence-corrected chi connectivity index (χ0v) is 11.6. The molecule has 0 bridgehead atoms. The minimum absolute atomic E-state index is 0.206. The first-order valence-corrected chi connectivity index (χ1v) is 6.48. The van der Waals surface area contributed by atoms with Gasteiger partial charge in [-0.25, -0.2) is 0 Å². The summed E-state index contributed by atoms with van der Waals surface area (Å²) in [4.78, 5) is 12.3. The molecule has 0 unspecified atom stereocenters. The van der Waals surface area contributed by atoms with Crippen LogP contribution in [-0.2, 0) is 6.42 Å². The lowest BCUT2D eigenvalue weighted by atomic mass is 10.1. The summed E-state index contributed by atoms with van der Waals surface area (Å²) in [7, 11) is 1.52. The number of nitrogens with one attached hydrogen (secondary N) is 1. The van der Waals surface area contributed by atoms with Crippen LogP contribution in [0.15, 0.2) is 42.5 Å². The molecule has 0 aliphatic heterocycles. The molecule has 2 rings (SSSR count). The molecule has 1 amide bonds. The van der Waals surface area contributed by atoms with Crippen LogP contribution < -0.4 is 15.8 Å². The zero-order valence-electron chi connectivity index (χ0n) is 11.6. The van der Waals surface area contributed by atoms with Crippen LogP contribution in [-0.4, -0.2) is 13.0 Å². The number of carbonyl (C=O) groups excluding carboxylic acids is 1. The predicted octanol–water partition coefficient (Wildman–Crippen LogP) is 3.09. The van der Waals surface area contributed by atoms with Crippen molar-refractivity contribution in [2.75, 3.05) is 18.2 Å². The van der Waals surface area contributed by atoms with Crippen LogP contribution in [0.1, 0.15) is 22.8 Å². The van der Waals surface area contributed by atoms with Crippen molar-refractivity contribution >= 4 is 17.3 Å². The minimum atomic E-state index is -0.206. The Kier molecular flexibility index (Phi) is 4.25. The minimum Gasteiger partial charge on any atom is -0.496 e. The molecule has 0 saturated heterocycles. The SMILES string of the molecule is CCc1ccccc1NC(=O)c1ccc(N)cc1OC. The molecule has 2 aromatic rings. The van der Waals surface area contributed by atoms with E-state index in [-0.39, 0.29) is 5.91 Å². The Morgan fingerprint density at radius 1 is 1.25 bits per heavy atom. The summed E-state index contributed by atoms with van der Waals surface area (Å²) in [6.45, 7) is 2.05. The van der Waals surface area contributed by atoms with Gasteiger partial charge < -0.3 is 15.8 Å². The third-order valence-corrected chi connectivity index (χ3v) is 3.12. The fourth-order valence-electron chi connectivity index (χ4n) is 2.04. The molecule has 0 atom stereocenters. The van der Waals surface area contributed by atoms with Crippen molar-refractivity contribution in [1.29, 1.82) is 0 Å². The molecule has 4 heteroatoms. The van der Waals surface area contributed by atoms with E-state index in [0.29, 0.717) is 17.0 Å². The molecule has 0 spiro atoms. The van der Waals surface area contributed by atoms with Gasteiger partial charge in [0.1, 0.15) is 5.75 Å². The maximum absolute atomic E-state index is 12.3. The number of methoxy groups -OCH3 is 1. The zero-order chi connectivity index (χ0) is 14.5. The van der Waals surface area contributed by atoms with Gasteiger partial charge in [0.05, 0.1) is 12.7 Å². The highest BCUT2D eigenvalue weighted by atomic mass is 16.5. The number of nitrogens with two attached hydrogens (primary N) is 1. The third kappa shape index (κ3) is 2.91. The number of amides is 1. The van der Waals surface area contributed by atoms with Crippen LogP contribution in [0.5, 0.6) is 5.75 Å². The Morgan fingerprint density at radius 2 is 2.00 bits per heavy atom. The molecule has 0 aliphatic carbocycles. The fourth-order valence-corrected chi connectivity index (χ4v) is 2.04. The van der Waals surface area contributed by atoms with E-state index in [1.54, 1.807) is 18.2 Å². The average molecular weight is 270 g/mol. The van der Waals surface area contributed by atoms with E-state index in [4.69, 9.17) is 10.5 Å². The van der Waals surface area contributed by atoms with Crippen molar-refractivity contribution in [3.63, 3.8) is 0 Å². The number of carbonyl (C=O) groups is 1. The number of para-hydroxylation sites is 1. The molecule has 20 heavy (non-hydrogen) atoms. The van der Waals surface area contributed by atoms with Gasteiger partial charge in [-0.1, -0.05) is 25.1 Å². The summed E-state index contributed by atoms with van der Waals surface area (Å²) in [5, 5.41) is 2.91. The Balaban J connectivity index is 2.28. The first-order chi connectivity index (χ1) is 9.65. The van der Waals surface area contributed by atoms with Crippen molar-refractivity contribution in [3.8, 4) is 5.75 Å².